The van der Waals surface area contributed by atoms with Gasteiger partial charge in [0.25, 0.3) is 11.8 Å². The van der Waals surface area contributed by atoms with Gasteiger partial charge in [0.05, 0.1) is 56.5 Å². The lowest BCUT2D eigenvalue weighted by Gasteiger charge is -2.27. The van der Waals surface area contributed by atoms with Crippen LogP contribution in [0.2, 0.25) is 0 Å². The van der Waals surface area contributed by atoms with Crippen LogP contribution < -0.4 is 20.3 Å². The molecule has 13 nitrogen and oxygen atoms in total. The second-order valence-electron chi connectivity index (χ2n) is 11.0. The summed E-state index contributed by atoms with van der Waals surface area (Å²) in [6, 6.07) is 6.27. The van der Waals surface area contributed by atoms with E-state index in [0.717, 1.165) is 16.1 Å². The number of thiazole rings is 1. The van der Waals surface area contributed by atoms with Crippen molar-refractivity contribution in [1.29, 1.82) is 0 Å². The van der Waals surface area contributed by atoms with E-state index in [1.807, 2.05) is 0 Å². The van der Waals surface area contributed by atoms with Crippen molar-refractivity contribution in [3.63, 3.8) is 0 Å². The molecule has 1 unspecified atom stereocenters. The molecule has 2 aromatic carbocycles. The molecule has 2 N–H and O–H groups in total. The van der Waals surface area contributed by atoms with E-state index >= 15 is 0 Å². The summed E-state index contributed by atoms with van der Waals surface area (Å²) < 4.78 is 50.9. The summed E-state index contributed by atoms with van der Waals surface area (Å²) in [6.45, 7) is 3.69. The monoisotopic (exact) mass is 685 g/mol. The van der Waals surface area contributed by atoms with Gasteiger partial charge in [-0.25, -0.2) is 9.37 Å². The fourth-order valence-corrected chi connectivity index (χ4v) is 6.49. The summed E-state index contributed by atoms with van der Waals surface area (Å²) in [5.41, 5.74) is 1.61. The van der Waals surface area contributed by atoms with Gasteiger partial charge in [0, 0.05) is 42.7 Å². The van der Waals surface area contributed by atoms with E-state index in [4.69, 9.17) is 18.9 Å². The molecule has 0 radical (unpaired) electrons. The normalized spacial score (nSPS) is 17.9. The third kappa shape index (κ3) is 7.16. The zero-order valence-corrected chi connectivity index (χ0v) is 26.6. The number of benzene rings is 2. The van der Waals surface area contributed by atoms with Crippen LogP contribution in [0.5, 0.6) is 5.75 Å². The van der Waals surface area contributed by atoms with Gasteiger partial charge in [-0.15, -0.1) is 11.3 Å². The fraction of sp³-hybridized carbons (Fsp3) is 0.406. The third-order valence-corrected chi connectivity index (χ3v) is 8.88. The number of morpholine rings is 1. The molecule has 6 rings (SSSR count). The number of nitrogens with one attached hydrogen (secondary N) is 2. The lowest BCUT2D eigenvalue weighted by Crippen LogP contribution is -2.54. The Morgan fingerprint density at radius 1 is 0.958 bits per heavy atom. The van der Waals surface area contributed by atoms with Gasteiger partial charge in [0.2, 0.25) is 17.6 Å². The number of nitrogens with zero attached hydrogens (tertiary/aromatic N) is 3. The number of rotatable bonds is 14. The molecule has 0 bridgehead atoms. The van der Waals surface area contributed by atoms with Crippen LogP contribution in [-0.2, 0) is 23.8 Å². The van der Waals surface area contributed by atoms with Gasteiger partial charge in [-0.3, -0.25) is 29.4 Å². The smallest absolute Gasteiger partial charge is 0.264 e. The van der Waals surface area contributed by atoms with Crippen molar-refractivity contribution in [2.75, 3.05) is 76.1 Å². The van der Waals surface area contributed by atoms with E-state index in [-0.39, 0.29) is 62.8 Å². The van der Waals surface area contributed by atoms with Crippen LogP contribution in [0.25, 0.3) is 11.3 Å². The molecule has 254 valence electrons. The van der Waals surface area contributed by atoms with E-state index in [1.54, 1.807) is 17.5 Å². The number of aromatic nitrogens is 1. The lowest BCUT2D eigenvalue weighted by molar-refractivity contribution is -0.136. The second kappa shape index (κ2) is 15.1. The largest absolute Gasteiger partial charge is 0.487 e. The highest BCUT2D eigenvalue weighted by Crippen LogP contribution is 2.37. The fourth-order valence-electron chi connectivity index (χ4n) is 5.61. The number of hydrogen-bond donors (Lipinski definition) is 2. The third-order valence-electron chi connectivity index (χ3n) is 7.98. The molecule has 4 amide bonds. The predicted octanol–water partition coefficient (Wildman–Crippen LogP) is 2.85. The number of piperidine rings is 1. The van der Waals surface area contributed by atoms with Crippen molar-refractivity contribution in [2.24, 2.45) is 0 Å². The van der Waals surface area contributed by atoms with E-state index in [0.29, 0.717) is 49.8 Å². The maximum absolute atomic E-state index is 14.7. The van der Waals surface area contributed by atoms with Gasteiger partial charge < -0.3 is 29.2 Å². The Morgan fingerprint density at radius 3 is 2.52 bits per heavy atom. The quantitative estimate of drug-likeness (QED) is 0.191. The maximum Gasteiger partial charge on any atom is 0.264 e. The number of halogens is 2. The Hall–Kier alpha value is -4.51. The van der Waals surface area contributed by atoms with Crippen LogP contribution in [0, 0.1) is 11.6 Å². The molecule has 0 spiro atoms. The van der Waals surface area contributed by atoms with Crippen LogP contribution in [0.1, 0.15) is 33.6 Å². The van der Waals surface area contributed by atoms with E-state index in [2.05, 4.69) is 20.5 Å². The van der Waals surface area contributed by atoms with Gasteiger partial charge in [-0.2, -0.15) is 4.39 Å². The van der Waals surface area contributed by atoms with E-state index < -0.39 is 41.3 Å². The van der Waals surface area contributed by atoms with Crippen LogP contribution >= 0.6 is 11.3 Å². The number of fused-ring (bicyclic) bond motifs is 1. The van der Waals surface area contributed by atoms with E-state index in [9.17, 15) is 28.0 Å². The summed E-state index contributed by atoms with van der Waals surface area (Å²) in [7, 11) is 0. The molecule has 3 aliphatic rings. The molecular formula is C32H33F2N5O8S. The average molecular weight is 686 g/mol. The topological polar surface area (TPSA) is 149 Å². The van der Waals surface area contributed by atoms with Gasteiger partial charge in [-0.05, 0) is 30.7 Å². The first-order valence-electron chi connectivity index (χ1n) is 15.5. The van der Waals surface area contributed by atoms with Crippen molar-refractivity contribution in [2.45, 2.75) is 18.9 Å². The molecule has 0 saturated carbocycles. The number of carbonyl (C=O) groups excluding carboxylic acids is 4. The SMILES string of the molecule is O=C1CCC(N2C(=O)c3cccc(NCCOCCOCCOc4c(-c5csc(N6CCOCC6)n5)ccc(F)c4F)c3C2=O)C(=O)N1. The molecule has 4 heterocycles. The zero-order chi connectivity index (χ0) is 33.6. The molecule has 48 heavy (non-hydrogen) atoms. The highest BCUT2D eigenvalue weighted by molar-refractivity contribution is 7.14. The van der Waals surface area contributed by atoms with Crippen molar-refractivity contribution in [1.82, 2.24) is 15.2 Å². The molecule has 1 aromatic heterocycles. The summed E-state index contributed by atoms with van der Waals surface area (Å²) in [6.07, 6.45) is 0.117. The lowest BCUT2D eigenvalue weighted by atomic mass is 10.0. The van der Waals surface area contributed by atoms with Gasteiger partial charge in [0.1, 0.15) is 12.6 Å². The Labute approximate surface area is 278 Å². The average Bonchev–Trinajstić information content (AvgIpc) is 3.68. The molecule has 0 aliphatic carbocycles. The van der Waals surface area contributed by atoms with Gasteiger partial charge >= 0.3 is 0 Å². The minimum absolute atomic E-state index is 0.0307. The van der Waals surface area contributed by atoms with Crippen LogP contribution in [0.4, 0.5) is 19.6 Å². The molecule has 3 aliphatic heterocycles. The Bertz CT molecular complexity index is 1700. The first-order valence-corrected chi connectivity index (χ1v) is 16.3. The first-order chi connectivity index (χ1) is 23.3. The number of carbonyl (C=O) groups is 4. The molecule has 16 heteroatoms. The summed E-state index contributed by atoms with van der Waals surface area (Å²) in [4.78, 5) is 57.6. The minimum Gasteiger partial charge on any atom is -0.487 e. The Kier molecular flexibility index (Phi) is 10.5. The van der Waals surface area contributed by atoms with Crippen LogP contribution in [-0.4, -0.2) is 105 Å². The number of imide groups is 2. The maximum atomic E-state index is 14.7. The number of anilines is 2. The zero-order valence-electron chi connectivity index (χ0n) is 25.8. The predicted molar refractivity (Wildman–Crippen MR) is 169 cm³/mol. The molecule has 2 fully saturated rings. The van der Waals surface area contributed by atoms with Crippen molar-refractivity contribution < 1.29 is 46.9 Å². The number of hydrogen-bond acceptors (Lipinski definition) is 12. The molecule has 2 saturated heterocycles. The van der Waals surface area contributed by atoms with Crippen molar-refractivity contribution >= 4 is 45.8 Å². The summed E-state index contributed by atoms with van der Waals surface area (Å²) in [5.74, 6) is -4.63. The van der Waals surface area contributed by atoms with Gasteiger partial charge in [-0.1, -0.05) is 6.07 Å². The van der Waals surface area contributed by atoms with Crippen LogP contribution in [0.15, 0.2) is 35.7 Å². The van der Waals surface area contributed by atoms with Gasteiger partial charge in [0.15, 0.2) is 16.7 Å². The summed E-state index contributed by atoms with van der Waals surface area (Å²) >= 11 is 1.41. The van der Waals surface area contributed by atoms with Crippen molar-refractivity contribution in [3.05, 3.63) is 58.5 Å². The van der Waals surface area contributed by atoms with Crippen molar-refractivity contribution in [3.8, 4) is 17.0 Å². The molecule has 1 atom stereocenters. The molecular weight excluding hydrogens is 652 g/mol. The number of ether oxygens (including phenoxy) is 4. The number of amides is 4. The Balaban J connectivity index is 0.924. The first kappa shape index (κ1) is 33.4. The second-order valence-corrected chi connectivity index (χ2v) is 11.9. The minimum atomic E-state index is -1.09. The molecule has 3 aromatic rings. The highest BCUT2D eigenvalue weighted by Gasteiger charge is 2.45. The summed E-state index contributed by atoms with van der Waals surface area (Å²) in [5, 5.41) is 7.83. The highest BCUT2D eigenvalue weighted by atomic mass is 32.1. The van der Waals surface area contributed by atoms with Crippen LogP contribution in [0.3, 0.4) is 0 Å². The standard InChI is InChI=1S/C32H33F2N5O8S/c33-21-5-4-19(23-18-48-32(36-23)38-9-12-45-13-10-38)28(27(21)34)47-17-16-46-15-14-44-11-8-35-22-3-1-2-20-26(22)31(43)39(30(20)42)24-6-7-25(40)37-29(24)41/h1-5,18,24,35H,6-17H2,(H,37,40,41). The van der Waals surface area contributed by atoms with E-state index in [1.165, 1.54) is 23.5 Å². The Morgan fingerprint density at radius 2 is 1.73 bits per heavy atom.